The maximum atomic E-state index is 12.9. The molecule has 0 aliphatic rings. The molecule has 0 unspecified atom stereocenters. The Hall–Kier alpha value is -5.36. The predicted molar refractivity (Wildman–Crippen MR) is 174 cm³/mol. The standard InChI is InChI=1S/C32H32ClN9O3/c1-4-35-29-24(14-34)28-25(16-37-29)31(40-39-30(28)36-15-20-9-10-27(45-3)26(33)13-20)42-17-22(38-19-42)11-12-41(2)32(44)23-8-6-5-7-21(23)18-43/h5-10,13-14,16-19,34H,4,11-12,15H2,1-3H3,(H,35,37)(H,36,39). The summed E-state index contributed by atoms with van der Waals surface area (Å²) in [7, 11) is 3.26. The number of nitrogens with one attached hydrogen (secondary N) is 3. The zero-order valence-electron chi connectivity index (χ0n) is 25.0. The van der Waals surface area contributed by atoms with Gasteiger partial charge in [0.2, 0.25) is 0 Å². The van der Waals surface area contributed by atoms with E-state index in [-0.39, 0.29) is 5.91 Å². The molecule has 0 saturated carbocycles. The third-order valence-electron chi connectivity index (χ3n) is 7.25. The van der Waals surface area contributed by atoms with Crippen LogP contribution >= 0.6 is 11.6 Å². The lowest BCUT2D eigenvalue weighted by atomic mass is 10.1. The van der Waals surface area contributed by atoms with Crippen LogP contribution in [0.3, 0.4) is 0 Å². The van der Waals surface area contributed by atoms with Crippen molar-refractivity contribution in [2.45, 2.75) is 19.9 Å². The Morgan fingerprint density at radius 2 is 1.96 bits per heavy atom. The average molecular weight is 626 g/mol. The van der Waals surface area contributed by atoms with E-state index >= 15 is 0 Å². The largest absolute Gasteiger partial charge is 0.495 e. The molecule has 0 radical (unpaired) electrons. The number of methoxy groups -OCH3 is 1. The van der Waals surface area contributed by atoms with Gasteiger partial charge in [0.1, 0.15) is 17.9 Å². The van der Waals surface area contributed by atoms with Crippen LogP contribution in [0, 0.1) is 5.41 Å². The van der Waals surface area contributed by atoms with E-state index in [0.29, 0.717) is 88.0 Å². The van der Waals surface area contributed by atoms with E-state index in [1.165, 1.54) is 6.21 Å². The van der Waals surface area contributed by atoms with Crippen molar-refractivity contribution in [2.75, 3.05) is 37.9 Å². The maximum absolute atomic E-state index is 12.9. The van der Waals surface area contributed by atoms with Gasteiger partial charge in [0.05, 0.1) is 23.4 Å². The molecule has 5 aromatic rings. The fraction of sp³-hybridized carbons (Fsp3) is 0.219. The molecule has 12 nitrogen and oxygen atoms in total. The minimum Gasteiger partial charge on any atom is -0.495 e. The molecule has 0 spiro atoms. The molecule has 0 bridgehead atoms. The molecule has 45 heavy (non-hydrogen) atoms. The number of amides is 1. The molecule has 13 heteroatoms. The summed E-state index contributed by atoms with van der Waals surface area (Å²) in [6, 6.07) is 12.2. The highest BCUT2D eigenvalue weighted by molar-refractivity contribution is 6.32. The first-order chi connectivity index (χ1) is 21.9. The van der Waals surface area contributed by atoms with Gasteiger partial charge in [-0.1, -0.05) is 35.9 Å². The number of aromatic nitrogens is 5. The molecule has 0 atom stereocenters. The molecule has 0 saturated heterocycles. The number of aldehydes is 1. The number of nitrogens with zero attached hydrogens (tertiary/aromatic N) is 6. The molecule has 2 aromatic carbocycles. The number of imidazole rings is 1. The number of carbonyl (C=O) groups is 2. The molecule has 0 aliphatic carbocycles. The lowest BCUT2D eigenvalue weighted by Crippen LogP contribution is -2.29. The first kappa shape index (κ1) is 31.1. The summed E-state index contributed by atoms with van der Waals surface area (Å²) in [5.41, 5.74) is 2.92. The Labute approximate surface area is 264 Å². The number of rotatable bonds is 13. The molecule has 3 aromatic heterocycles. The summed E-state index contributed by atoms with van der Waals surface area (Å²) >= 11 is 6.33. The van der Waals surface area contributed by atoms with Gasteiger partial charge in [-0.15, -0.1) is 10.2 Å². The minimum atomic E-state index is -0.240. The molecular weight excluding hydrogens is 594 g/mol. The highest BCUT2D eigenvalue weighted by Crippen LogP contribution is 2.32. The molecule has 1 amide bonds. The summed E-state index contributed by atoms with van der Waals surface area (Å²) in [6.07, 6.45) is 7.58. The van der Waals surface area contributed by atoms with Gasteiger partial charge in [0.15, 0.2) is 17.9 Å². The molecule has 0 fully saturated rings. The average Bonchev–Trinajstić information content (AvgIpc) is 3.54. The van der Waals surface area contributed by atoms with Crippen molar-refractivity contribution in [2.24, 2.45) is 0 Å². The summed E-state index contributed by atoms with van der Waals surface area (Å²) < 4.78 is 7.01. The van der Waals surface area contributed by atoms with Crippen molar-refractivity contribution in [3.8, 4) is 11.6 Å². The Morgan fingerprint density at radius 1 is 1.13 bits per heavy atom. The van der Waals surface area contributed by atoms with Crippen LogP contribution in [0.15, 0.2) is 61.2 Å². The molecule has 3 N–H and O–H groups in total. The number of pyridine rings is 1. The second-order valence-corrected chi connectivity index (χ2v) is 10.5. The molecule has 0 aliphatic heterocycles. The molecule has 3 heterocycles. The number of likely N-dealkylation sites (N-methyl/N-ethyl adjacent to an activating group) is 1. The van der Waals surface area contributed by atoms with Gasteiger partial charge in [-0.05, 0) is 30.7 Å². The van der Waals surface area contributed by atoms with E-state index in [1.54, 1.807) is 66.5 Å². The Kier molecular flexibility index (Phi) is 9.64. The molecule has 230 valence electrons. The monoisotopic (exact) mass is 625 g/mol. The van der Waals surface area contributed by atoms with Crippen LogP contribution in [0.1, 0.15) is 44.5 Å². The van der Waals surface area contributed by atoms with Crippen LogP contribution in [-0.2, 0) is 13.0 Å². The quantitative estimate of drug-likeness (QED) is 0.121. The maximum Gasteiger partial charge on any atom is 0.254 e. The number of benzene rings is 2. The van der Waals surface area contributed by atoms with E-state index in [0.717, 1.165) is 11.3 Å². The minimum absolute atomic E-state index is 0.240. The van der Waals surface area contributed by atoms with Gasteiger partial charge in [0.25, 0.3) is 5.91 Å². The van der Waals surface area contributed by atoms with Crippen LogP contribution < -0.4 is 15.4 Å². The van der Waals surface area contributed by atoms with Crippen molar-refractivity contribution in [3.63, 3.8) is 0 Å². The smallest absolute Gasteiger partial charge is 0.254 e. The fourth-order valence-corrected chi connectivity index (χ4v) is 5.19. The van der Waals surface area contributed by atoms with E-state index in [9.17, 15) is 9.59 Å². The Morgan fingerprint density at radius 3 is 2.69 bits per heavy atom. The SMILES string of the molecule is CCNc1ncc2c(-n3cnc(CCN(C)C(=O)c4ccccc4C=O)c3)nnc(NCc3ccc(OC)c(Cl)c3)c2c1C=N. The summed E-state index contributed by atoms with van der Waals surface area (Å²) in [4.78, 5) is 35.0. The number of carbonyl (C=O) groups excluding carboxylic acids is 2. The normalized spacial score (nSPS) is 10.8. The van der Waals surface area contributed by atoms with E-state index in [1.807, 2.05) is 25.3 Å². The van der Waals surface area contributed by atoms with Crippen LogP contribution in [0.4, 0.5) is 11.6 Å². The highest BCUT2D eigenvalue weighted by atomic mass is 35.5. The van der Waals surface area contributed by atoms with E-state index in [2.05, 4.69) is 30.8 Å². The second kappa shape index (κ2) is 14.0. The number of halogens is 1. The van der Waals surface area contributed by atoms with Crippen molar-refractivity contribution in [1.29, 1.82) is 5.41 Å². The van der Waals surface area contributed by atoms with Crippen LogP contribution in [-0.4, -0.2) is 75.3 Å². The first-order valence-corrected chi connectivity index (χ1v) is 14.6. The van der Waals surface area contributed by atoms with Crippen molar-refractivity contribution in [3.05, 3.63) is 94.2 Å². The predicted octanol–water partition coefficient (Wildman–Crippen LogP) is 5.04. The summed E-state index contributed by atoms with van der Waals surface area (Å²) in [5, 5.41) is 25.7. The number of hydrogen-bond acceptors (Lipinski definition) is 10. The van der Waals surface area contributed by atoms with Gasteiger partial charge in [-0.3, -0.25) is 14.2 Å². The molecular formula is C32H32ClN9O3. The Balaban J connectivity index is 1.42. The summed E-state index contributed by atoms with van der Waals surface area (Å²) in [5.74, 6) is 1.88. The third kappa shape index (κ3) is 6.60. The highest BCUT2D eigenvalue weighted by Gasteiger charge is 2.19. The van der Waals surface area contributed by atoms with E-state index in [4.69, 9.17) is 21.7 Å². The number of fused-ring (bicyclic) bond motifs is 1. The zero-order chi connectivity index (χ0) is 31.9. The van der Waals surface area contributed by atoms with Crippen LogP contribution in [0.5, 0.6) is 5.75 Å². The van der Waals surface area contributed by atoms with Gasteiger partial charge >= 0.3 is 0 Å². The van der Waals surface area contributed by atoms with Gasteiger partial charge in [-0.2, -0.15) is 0 Å². The number of anilines is 2. The lowest BCUT2D eigenvalue weighted by molar-refractivity contribution is 0.0793. The third-order valence-corrected chi connectivity index (χ3v) is 7.55. The molecule has 5 rings (SSSR count). The van der Waals surface area contributed by atoms with Crippen molar-refractivity contribution < 1.29 is 14.3 Å². The van der Waals surface area contributed by atoms with E-state index < -0.39 is 0 Å². The van der Waals surface area contributed by atoms with Crippen LogP contribution in [0.2, 0.25) is 5.02 Å². The fourth-order valence-electron chi connectivity index (χ4n) is 4.91. The topological polar surface area (TPSA) is 151 Å². The van der Waals surface area contributed by atoms with Crippen molar-refractivity contribution >= 4 is 52.4 Å². The van der Waals surface area contributed by atoms with Gasteiger partial charge in [0, 0.05) is 73.6 Å². The lowest BCUT2D eigenvalue weighted by Gasteiger charge is -2.17. The second-order valence-electron chi connectivity index (χ2n) is 10.1. The summed E-state index contributed by atoms with van der Waals surface area (Å²) in [6.45, 7) is 3.38. The van der Waals surface area contributed by atoms with Crippen LogP contribution in [0.25, 0.3) is 16.6 Å². The number of hydrogen-bond donors (Lipinski definition) is 3. The number of ether oxygens (including phenoxy) is 1. The Bertz CT molecular complexity index is 1870. The van der Waals surface area contributed by atoms with Crippen molar-refractivity contribution in [1.82, 2.24) is 29.6 Å². The van der Waals surface area contributed by atoms with Gasteiger partial charge < -0.3 is 25.7 Å². The zero-order valence-corrected chi connectivity index (χ0v) is 25.8. The van der Waals surface area contributed by atoms with Gasteiger partial charge in [-0.25, -0.2) is 9.97 Å². The first-order valence-electron chi connectivity index (χ1n) is 14.2.